The zero-order chi connectivity index (χ0) is 23.3. The standard InChI is InChI=1S/C22H20ClFN2O5S/c1-14-3-9-18(23)21(11-14)31-13-22(27)25-16-6-10-20(30-2)19(12-16)26-32(28,29)17-7-4-15(24)5-8-17/h3-12,26H,13H2,1-2H3,(H,25,27). The number of carbonyl (C=O) groups is 1. The summed E-state index contributed by atoms with van der Waals surface area (Å²) in [5, 5.41) is 3.00. The van der Waals surface area contributed by atoms with Gasteiger partial charge in [0, 0.05) is 5.69 Å². The molecular formula is C22H20ClFN2O5S. The van der Waals surface area contributed by atoms with Crippen LogP contribution >= 0.6 is 11.6 Å². The van der Waals surface area contributed by atoms with Crippen LogP contribution in [0.15, 0.2) is 65.6 Å². The number of carbonyl (C=O) groups excluding carboxylic acids is 1. The van der Waals surface area contributed by atoms with Crippen molar-refractivity contribution in [2.45, 2.75) is 11.8 Å². The van der Waals surface area contributed by atoms with Crippen molar-refractivity contribution in [2.24, 2.45) is 0 Å². The van der Waals surface area contributed by atoms with Gasteiger partial charge in [-0.3, -0.25) is 9.52 Å². The Morgan fingerprint density at radius 3 is 2.44 bits per heavy atom. The Morgan fingerprint density at radius 1 is 1.03 bits per heavy atom. The number of methoxy groups -OCH3 is 1. The lowest BCUT2D eigenvalue weighted by Gasteiger charge is -2.14. The highest BCUT2D eigenvalue weighted by Gasteiger charge is 2.18. The number of rotatable bonds is 8. The Bertz CT molecular complexity index is 1230. The Hall–Kier alpha value is -3.30. The summed E-state index contributed by atoms with van der Waals surface area (Å²) in [6.45, 7) is 1.57. The molecule has 3 aromatic rings. The quantitative estimate of drug-likeness (QED) is 0.493. The number of sulfonamides is 1. The van der Waals surface area contributed by atoms with E-state index in [1.807, 2.05) is 13.0 Å². The minimum Gasteiger partial charge on any atom is -0.495 e. The van der Waals surface area contributed by atoms with E-state index in [9.17, 15) is 17.6 Å². The van der Waals surface area contributed by atoms with E-state index in [0.29, 0.717) is 16.5 Å². The van der Waals surface area contributed by atoms with Gasteiger partial charge in [0.05, 0.1) is 22.7 Å². The molecule has 3 aromatic carbocycles. The molecule has 168 valence electrons. The summed E-state index contributed by atoms with van der Waals surface area (Å²) < 4.78 is 51.4. The SMILES string of the molecule is COc1ccc(NC(=O)COc2cc(C)ccc2Cl)cc1NS(=O)(=O)c1ccc(F)cc1. The first-order valence-corrected chi connectivity index (χ1v) is 11.2. The average molecular weight is 479 g/mol. The van der Waals surface area contributed by atoms with Crippen molar-refractivity contribution < 1.29 is 27.1 Å². The van der Waals surface area contributed by atoms with E-state index >= 15 is 0 Å². The maximum absolute atomic E-state index is 13.1. The molecule has 10 heteroatoms. The third-order valence-electron chi connectivity index (χ3n) is 4.30. The first kappa shape index (κ1) is 23.4. The maximum Gasteiger partial charge on any atom is 0.262 e. The summed E-state index contributed by atoms with van der Waals surface area (Å²) in [7, 11) is -2.63. The number of ether oxygens (including phenoxy) is 2. The van der Waals surface area contributed by atoms with Crippen molar-refractivity contribution in [3.63, 3.8) is 0 Å². The lowest BCUT2D eigenvalue weighted by Crippen LogP contribution is -2.20. The van der Waals surface area contributed by atoms with Crippen molar-refractivity contribution in [1.82, 2.24) is 0 Å². The van der Waals surface area contributed by atoms with Gasteiger partial charge < -0.3 is 14.8 Å². The molecule has 0 spiro atoms. The normalized spacial score (nSPS) is 11.0. The minimum atomic E-state index is -4.01. The zero-order valence-electron chi connectivity index (χ0n) is 17.2. The van der Waals surface area contributed by atoms with E-state index in [4.69, 9.17) is 21.1 Å². The van der Waals surface area contributed by atoms with Crippen molar-refractivity contribution in [3.05, 3.63) is 77.1 Å². The molecule has 0 saturated carbocycles. The fourth-order valence-corrected chi connectivity index (χ4v) is 3.98. The number of aryl methyl sites for hydroxylation is 1. The first-order valence-electron chi connectivity index (χ1n) is 9.33. The van der Waals surface area contributed by atoms with Gasteiger partial charge in [0.15, 0.2) is 6.61 Å². The predicted molar refractivity (Wildman–Crippen MR) is 121 cm³/mol. The van der Waals surface area contributed by atoms with Gasteiger partial charge in [0.25, 0.3) is 15.9 Å². The molecule has 0 saturated heterocycles. The number of hydrogen-bond donors (Lipinski definition) is 2. The van der Waals surface area contributed by atoms with Crippen LogP contribution in [-0.4, -0.2) is 28.0 Å². The number of anilines is 2. The van der Waals surface area contributed by atoms with Crippen LogP contribution in [0.25, 0.3) is 0 Å². The summed E-state index contributed by atoms with van der Waals surface area (Å²) in [4.78, 5) is 12.2. The smallest absolute Gasteiger partial charge is 0.262 e. The van der Waals surface area contributed by atoms with Crippen LogP contribution < -0.4 is 19.5 Å². The maximum atomic E-state index is 13.1. The Labute approximate surface area is 190 Å². The molecule has 0 radical (unpaired) electrons. The third-order valence-corrected chi connectivity index (χ3v) is 5.99. The monoisotopic (exact) mass is 478 g/mol. The number of amides is 1. The molecule has 0 heterocycles. The number of nitrogens with one attached hydrogen (secondary N) is 2. The Morgan fingerprint density at radius 2 is 1.75 bits per heavy atom. The molecule has 7 nitrogen and oxygen atoms in total. The number of benzene rings is 3. The molecule has 0 fully saturated rings. The molecule has 0 unspecified atom stereocenters. The van der Waals surface area contributed by atoms with Crippen molar-refractivity contribution in [2.75, 3.05) is 23.8 Å². The second-order valence-electron chi connectivity index (χ2n) is 6.75. The molecular weight excluding hydrogens is 459 g/mol. The number of hydrogen-bond acceptors (Lipinski definition) is 5. The fourth-order valence-electron chi connectivity index (χ4n) is 2.74. The Balaban J connectivity index is 1.73. The summed E-state index contributed by atoms with van der Waals surface area (Å²) in [6, 6.07) is 14.0. The zero-order valence-corrected chi connectivity index (χ0v) is 18.8. The molecule has 0 bridgehead atoms. The van der Waals surface area contributed by atoms with Gasteiger partial charge in [-0.2, -0.15) is 0 Å². The summed E-state index contributed by atoms with van der Waals surface area (Å²) >= 11 is 6.06. The molecule has 0 aromatic heterocycles. The topological polar surface area (TPSA) is 93.7 Å². The fraction of sp³-hybridized carbons (Fsp3) is 0.136. The van der Waals surface area contributed by atoms with E-state index in [1.165, 1.54) is 19.2 Å². The molecule has 0 aliphatic heterocycles. The second kappa shape index (κ2) is 9.88. The molecule has 2 N–H and O–H groups in total. The highest BCUT2D eigenvalue weighted by Crippen LogP contribution is 2.30. The van der Waals surface area contributed by atoms with Crippen molar-refractivity contribution in [3.8, 4) is 11.5 Å². The summed E-state index contributed by atoms with van der Waals surface area (Å²) in [5.41, 5.74) is 1.34. The van der Waals surface area contributed by atoms with Crippen molar-refractivity contribution in [1.29, 1.82) is 0 Å². The minimum absolute atomic E-state index is 0.0947. The average Bonchev–Trinajstić information content (AvgIpc) is 2.74. The van der Waals surface area contributed by atoms with Gasteiger partial charge in [0.1, 0.15) is 17.3 Å². The molecule has 0 aliphatic carbocycles. The van der Waals surface area contributed by atoms with Crippen molar-refractivity contribution >= 4 is 38.9 Å². The van der Waals surface area contributed by atoms with Gasteiger partial charge in [0.2, 0.25) is 0 Å². The Kier molecular flexibility index (Phi) is 7.22. The highest BCUT2D eigenvalue weighted by atomic mass is 35.5. The van der Waals surface area contributed by atoms with Crippen LogP contribution in [-0.2, 0) is 14.8 Å². The highest BCUT2D eigenvalue weighted by molar-refractivity contribution is 7.92. The lowest BCUT2D eigenvalue weighted by atomic mass is 10.2. The second-order valence-corrected chi connectivity index (χ2v) is 8.83. The molecule has 32 heavy (non-hydrogen) atoms. The molecule has 3 rings (SSSR count). The summed E-state index contributed by atoms with van der Waals surface area (Å²) in [6.07, 6.45) is 0. The lowest BCUT2D eigenvalue weighted by molar-refractivity contribution is -0.118. The van der Waals surface area contributed by atoms with Gasteiger partial charge in [-0.1, -0.05) is 17.7 Å². The van der Waals surface area contributed by atoms with Crippen LogP contribution in [0.4, 0.5) is 15.8 Å². The third kappa shape index (κ3) is 5.89. The van der Waals surface area contributed by atoms with Gasteiger partial charge in [-0.05, 0) is 67.1 Å². The first-order chi connectivity index (χ1) is 15.2. The molecule has 0 aliphatic rings. The molecule has 0 atom stereocenters. The van der Waals surface area contributed by atoms with E-state index in [-0.39, 0.29) is 22.9 Å². The van der Waals surface area contributed by atoms with Gasteiger partial charge >= 0.3 is 0 Å². The van der Waals surface area contributed by atoms with E-state index in [2.05, 4.69) is 10.0 Å². The van der Waals surface area contributed by atoms with E-state index < -0.39 is 21.7 Å². The van der Waals surface area contributed by atoms with Gasteiger partial charge in [-0.25, -0.2) is 12.8 Å². The van der Waals surface area contributed by atoms with Crippen LogP contribution in [0.3, 0.4) is 0 Å². The summed E-state index contributed by atoms with van der Waals surface area (Å²) in [5.74, 6) is -0.415. The van der Waals surface area contributed by atoms with E-state index in [1.54, 1.807) is 18.2 Å². The van der Waals surface area contributed by atoms with Crippen LogP contribution in [0.5, 0.6) is 11.5 Å². The van der Waals surface area contributed by atoms with E-state index in [0.717, 1.165) is 29.8 Å². The number of halogens is 2. The van der Waals surface area contributed by atoms with Crippen LogP contribution in [0.2, 0.25) is 5.02 Å². The van der Waals surface area contributed by atoms with Crippen LogP contribution in [0.1, 0.15) is 5.56 Å². The largest absolute Gasteiger partial charge is 0.495 e. The van der Waals surface area contributed by atoms with Gasteiger partial charge in [-0.15, -0.1) is 0 Å². The predicted octanol–water partition coefficient (Wildman–Crippen LogP) is 4.61. The molecule has 1 amide bonds. The van der Waals surface area contributed by atoms with Crippen LogP contribution in [0, 0.1) is 12.7 Å².